The minimum Gasteiger partial charge on any atom is -0.378 e. The van der Waals surface area contributed by atoms with Crippen molar-refractivity contribution in [1.82, 2.24) is 4.98 Å². The number of hydrogen-bond donors (Lipinski definition) is 2. The second-order valence-electron chi connectivity index (χ2n) is 2.81. The molecular weight excluding hydrogens is 256 g/mol. The van der Waals surface area contributed by atoms with Gasteiger partial charge in [-0.1, -0.05) is 0 Å². The number of nitrogens with two attached hydrogens (primary N) is 1. The van der Waals surface area contributed by atoms with Crippen LogP contribution in [-0.4, -0.2) is 24.0 Å². The van der Waals surface area contributed by atoms with Crippen LogP contribution in [0.5, 0.6) is 0 Å². The molecule has 6 heteroatoms. The van der Waals surface area contributed by atoms with E-state index >= 15 is 0 Å². The van der Waals surface area contributed by atoms with Crippen LogP contribution in [0.3, 0.4) is 0 Å². The number of halogens is 3. The minimum absolute atomic E-state index is 0.484. The molecule has 0 bridgehead atoms. The fraction of sp³-hybridized carbons (Fsp3) is 0.375. The van der Waals surface area contributed by atoms with E-state index in [2.05, 4.69) is 26.2 Å². The lowest BCUT2D eigenvalue weighted by Crippen LogP contribution is -2.35. The molecule has 0 radical (unpaired) electrons. The molecule has 0 saturated carbocycles. The summed E-state index contributed by atoms with van der Waals surface area (Å²) >= 11 is 3.18. The Bertz CT molecular complexity index is 306. The van der Waals surface area contributed by atoms with Gasteiger partial charge in [-0.25, -0.2) is 8.78 Å². The van der Waals surface area contributed by atoms with Crippen molar-refractivity contribution in [2.75, 3.05) is 18.4 Å². The van der Waals surface area contributed by atoms with Crippen LogP contribution in [0.1, 0.15) is 0 Å². The molecule has 0 saturated heterocycles. The fourth-order valence-electron chi connectivity index (χ4n) is 0.812. The second-order valence-corrected chi connectivity index (χ2v) is 3.72. The lowest BCUT2D eigenvalue weighted by atomic mass is 10.3. The first kappa shape index (κ1) is 11.3. The largest absolute Gasteiger partial charge is 0.378 e. The van der Waals surface area contributed by atoms with Crippen LogP contribution in [-0.2, 0) is 0 Å². The number of anilines is 1. The molecule has 1 aromatic heterocycles. The van der Waals surface area contributed by atoms with E-state index in [-0.39, 0.29) is 0 Å². The Labute approximate surface area is 88.8 Å². The van der Waals surface area contributed by atoms with Crippen LogP contribution in [0.4, 0.5) is 14.5 Å². The molecule has 3 nitrogen and oxygen atoms in total. The van der Waals surface area contributed by atoms with Crippen molar-refractivity contribution in [3.05, 3.63) is 22.9 Å². The van der Waals surface area contributed by atoms with Crippen molar-refractivity contribution in [1.29, 1.82) is 0 Å². The first-order chi connectivity index (χ1) is 6.53. The Balaban J connectivity index is 2.54. The van der Waals surface area contributed by atoms with E-state index in [1.807, 2.05) is 0 Å². The molecule has 0 atom stereocenters. The molecule has 1 heterocycles. The molecule has 0 aliphatic carbocycles. The van der Waals surface area contributed by atoms with E-state index < -0.39 is 19.0 Å². The first-order valence-corrected chi connectivity index (χ1v) is 4.75. The molecule has 78 valence electrons. The molecule has 3 N–H and O–H groups in total. The number of hydrogen-bond acceptors (Lipinski definition) is 3. The third kappa shape index (κ3) is 3.55. The third-order valence-electron chi connectivity index (χ3n) is 1.55. The Morgan fingerprint density at radius 1 is 1.50 bits per heavy atom. The summed E-state index contributed by atoms with van der Waals surface area (Å²) in [5.74, 6) is -2.89. The SMILES string of the molecule is NCC(F)(F)CNc1cncc(Br)c1. The van der Waals surface area contributed by atoms with Crippen LogP contribution in [0, 0.1) is 0 Å². The highest BCUT2D eigenvalue weighted by Gasteiger charge is 2.25. The van der Waals surface area contributed by atoms with Crippen molar-refractivity contribution >= 4 is 21.6 Å². The molecule has 0 aliphatic heterocycles. The quantitative estimate of drug-likeness (QED) is 0.874. The van der Waals surface area contributed by atoms with Gasteiger partial charge in [-0.15, -0.1) is 0 Å². The van der Waals surface area contributed by atoms with E-state index in [9.17, 15) is 8.78 Å². The van der Waals surface area contributed by atoms with Gasteiger partial charge in [0, 0.05) is 10.7 Å². The smallest absolute Gasteiger partial charge is 0.276 e. The Morgan fingerprint density at radius 3 is 2.79 bits per heavy atom. The maximum Gasteiger partial charge on any atom is 0.276 e. The molecule has 1 rings (SSSR count). The highest BCUT2D eigenvalue weighted by atomic mass is 79.9. The summed E-state index contributed by atoms with van der Waals surface area (Å²) in [5.41, 5.74) is 5.42. The first-order valence-electron chi connectivity index (χ1n) is 3.96. The molecule has 0 spiro atoms. The number of nitrogens with one attached hydrogen (secondary N) is 1. The van der Waals surface area contributed by atoms with Crippen LogP contribution in [0.25, 0.3) is 0 Å². The van der Waals surface area contributed by atoms with Crippen molar-refractivity contribution in [3.8, 4) is 0 Å². The van der Waals surface area contributed by atoms with Gasteiger partial charge in [0.1, 0.15) is 0 Å². The van der Waals surface area contributed by atoms with Crippen LogP contribution in [0.2, 0.25) is 0 Å². The summed E-state index contributed by atoms with van der Waals surface area (Å²) in [6, 6.07) is 1.67. The topological polar surface area (TPSA) is 50.9 Å². The zero-order valence-electron chi connectivity index (χ0n) is 7.30. The van der Waals surface area contributed by atoms with Gasteiger partial charge in [0.15, 0.2) is 0 Å². The lowest BCUT2D eigenvalue weighted by molar-refractivity contribution is 0.0254. The molecule has 0 amide bonds. The summed E-state index contributed by atoms with van der Waals surface area (Å²) < 4.78 is 26.2. The summed E-state index contributed by atoms with van der Waals surface area (Å²) in [4.78, 5) is 3.83. The van der Waals surface area contributed by atoms with Gasteiger partial charge in [-0.2, -0.15) is 0 Å². The molecular formula is C8H10BrF2N3. The summed E-state index contributed by atoms with van der Waals surface area (Å²) in [6.07, 6.45) is 3.05. The van der Waals surface area contributed by atoms with Crippen molar-refractivity contribution < 1.29 is 8.78 Å². The van der Waals surface area contributed by atoms with Gasteiger partial charge in [0.2, 0.25) is 0 Å². The average Bonchev–Trinajstić information content (AvgIpc) is 2.15. The molecule has 0 aromatic carbocycles. The maximum atomic E-state index is 12.7. The Hall–Kier alpha value is -0.750. The summed E-state index contributed by atoms with van der Waals surface area (Å²) in [6.45, 7) is -1.15. The van der Waals surface area contributed by atoms with Crippen LogP contribution >= 0.6 is 15.9 Å². The molecule has 0 unspecified atom stereocenters. The van der Waals surface area contributed by atoms with Crippen molar-refractivity contribution in [3.63, 3.8) is 0 Å². The highest BCUT2D eigenvalue weighted by molar-refractivity contribution is 9.10. The summed E-state index contributed by atoms with van der Waals surface area (Å²) in [7, 11) is 0. The summed E-state index contributed by atoms with van der Waals surface area (Å²) in [5, 5.41) is 2.55. The van der Waals surface area contributed by atoms with Crippen LogP contribution in [0.15, 0.2) is 22.9 Å². The number of alkyl halides is 2. The van der Waals surface area contributed by atoms with Crippen molar-refractivity contribution in [2.45, 2.75) is 5.92 Å². The number of rotatable bonds is 4. The maximum absolute atomic E-state index is 12.7. The third-order valence-corrected chi connectivity index (χ3v) is 1.99. The molecule has 0 aliphatic rings. The van der Waals surface area contributed by atoms with E-state index in [0.717, 1.165) is 4.47 Å². The average molecular weight is 266 g/mol. The van der Waals surface area contributed by atoms with Gasteiger partial charge in [-0.05, 0) is 22.0 Å². The van der Waals surface area contributed by atoms with Gasteiger partial charge in [-0.3, -0.25) is 4.98 Å². The van der Waals surface area contributed by atoms with Crippen LogP contribution < -0.4 is 11.1 Å². The highest BCUT2D eigenvalue weighted by Crippen LogP contribution is 2.16. The van der Waals surface area contributed by atoms with Gasteiger partial charge < -0.3 is 11.1 Å². The van der Waals surface area contributed by atoms with Crippen molar-refractivity contribution in [2.24, 2.45) is 5.73 Å². The van der Waals surface area contributed by atoms with Gasteiger partial charge in [0.25, 0.3) is 5.92 Å². The normalized spacial score (nSPS) is 11.4. The molecule has 0 fully saturated rings. The Kier molecular flexibility index (Phi) is 3.77. The number of nitrogens with zero attached hydrogens (tertiary/aromatic N) is 1. The zero-order valence-corrected chi connectivity index (χ0v) is 8.89. The van der Waals surface area contributed by atoms with E-state index in [4.69, 9.17) is 5.73 Å². The number of pyridine rings is 1. The zero-order chi connectivity index (χ0) is 10.6. The lowest BCUT2D eigenvalue weighted by Gasteiger charge is -2.15. The standard InChI is InChI=1S/C8H10BrF2N3/c9-6-1-7(3-13-2-6)14-5-8(10,11)4-12/h1-3,14H,4-5,12H2. The second kappa shape index (κ2) is 4.65. The molecule has 1 aromatic rings. The monoisotopic (exact) mass is 265 g/mol. The Morgan fingerprint density at radius 2 is 2.21 bits per heavy atom. The van der Waals surface area contributed by atoms with E-state index in [1.165, 1.54) is 6.20 Å². The fourth-order valence-corrected chi connectivity index (χ4v) is 1.18. The van der Waals surface area contributed by atoms with Gasteiger partial charge in [0.05, 0.1) is 25.0 Å². The predicted octanol–water partition coefficient (Wildman–Crippen LogP) is 1.85. The predicted molar refractivity (Wildman–Crippen MR) is 54.4 cm³/mol. The van der Waals surface area contributed by atoms with Gasteiger partial charge >= 0.3 is 0 Å². The van der Waals surface area contributed by atoms with E-state index in [1.54, 1.807) is 12.3 Å². The van der Waals surface area contributed by atoms with E-state index in [0.29, 0.717) is 5.69 Å². The molecule has 14 heavy (non-hydrogen) atoms. The minimum atomic E-state index is -2.89. The number of aromatic nitrogens is 1.